The maximum Gasteiger partial charge on any atom is 0.0640 e. The van der Waals surface area contributed by atoms with Gasteiger partial charge in [-0.2, -0.15) is 5.10 Å². The molecule has 3 nitrogen and oxygen atoms in total. The van der Waals surface area contributed by atoms with Gasteiger partial charge >= 0.3 is 0 Å². The third-order valence-electron chi connectivity index (χ3n) is 5.89. The highest BCUT2D eigenvalue weighted by Gasteiger charge is 2.29. The fourth-order valence-corrected chi connectivity index (χ4v) is 4.44. The van der Waals surface area contributed by atoms with Crippen LogP contribution in [0.4, 0.5) is 0 Å². The number of hydrogen-bond acceptors (Lipinski definition) is 2. The summed E-state index contributed by atoms with van der Waals surface area (Å²) in [6, 6.07) is 3.52. The summed E-state index contributed by atoms with van der Waals surface area (Å²) in [6.45, 7) is 2.34. The summed E-state index contributed by atoms with van der Waals surface area (Å²) in [7, 11) is 2.12. The molecule has 0 saturated heterocycles. The number of nitrogens with zero attached hydrogens (tertiary/aromatic N) is 2. The molecule has 0 aromatic carbocycles. The Kier molecular flexibility index (Phi) is 4.99. The molecule has 0 radical (unpaired) electrons. The lowest BCUT2D eigenvalue weighted by atomic mass is 9.92. The largest absolute Gasteiger partial charge is 0.316 e. The van der Waals surface area contributed by atoms with Gasteiger partial charge in [-0.1, -0.05) is 32.6 Å². The molecule has 0 bridgehead atoms. The first-order chi connectivity index (χ1) is 10.3. The summed E-state index contributed by atoms with van der Waals surface area (Å²) in [5, 5.41) is 8.43. The zero-order valence-electron chi connectivity index (χ0n) is 13.7. The van der Waals surface area contributed by atoms with Gasteiger partial charge in [0.15, 0.2) is 0 Å². The van der Waals surface area contributed by atoms with E-state index in [-0.39, 0.29) is 0 Å². The number of nitrogens with one attached hydrogen (secondary N) is 1. The molecule has 0 spiro atoms. The molecule has 1 N–H and O–H groups in total. The molecule has 1 aromatic rings. The molecule has 3 heteroatoms. The second kappa shape index (κ2) is 6.95. The van der Waals surface area contributed by atoms with Crippen LogP contribution in [0.1, 0.15) is 70.0 Å². The maximum atomic E-state index is 4.87. The molecule has 3 rings (SSSR count). The van der Waals surface area contributed by atoms with E-state index < -0.39 is 0 Å². The predicted molar refractivity (Wildman–Crippen MR) is 87.4 cm³/mol. The van der Waals surface area contributed by atoms with E-state index in [0.717, 1.165) is 18.3 Å². The van der Waals surface area contributed by atoms with Crippen molar-refractivity contribution in [2.45, 2.75) is 76.8 Å². The zero-order valence-corrected chi connectivity index (χ0v) is 13.7. The monoisotopic (exact) mass is 289 g/mol. The third kappa shape index (κ3) is 3.50. The molecule has 0 amide bonds. The van der Waals surface area contributed by atoms with Crippen molar-refractivity contribution in [2.75, 3.05) is 7.05 Å². The quantitative estimate of drug-likeness (QED) is 0.859. The molecule has 118 valence electrons. The lowest BCUT2D eigenvalue weighted by Crippen LogP contribution is -2.34. The van der Waals surface area contributed by atoms with Gasteiger partial charge in [-0.05, 0) is 50.6 Å². The standard InChI is InChI=1S/C18H31N3/c1-3-14-8-9-15(12-14)18(19-2)13-16-10-11-21(20-16)17-6-4-5-7-17/h10-11,14-15,17-19H,3-9,12-13H2,1-2H3. The summed E-state index contributed by atoms with van der Waals surface area (Å²) in [5.74, 6) is 1.80. The average Bonchev–Trinajstić information content (AvgIpc) is 3.23. The van der Waals surface area contributed by atoms with Crippen LogP contribution in [0.25, 0.3) is 0 Å². The highest BCUT2D eigenvalue weighted by molar-refractivity contribution is 5.04. The molecule has 1 aromatic heterocycles. The Balaban J connectivity index is 1.59. The molecule has 2 fully saturated rings. The van der Waals surface area contributed by atoms with Crippen molar-refractivity contribution in [3.63, 3.8) is 0 Å². The van der Waals surface area contributed by atoms with Crippen molar-refractivity contribution in [3.05, 3.63) is 18.0 Å². The van der Waals surface area contributed by atoms with Crippen molar-refractivity contribution in [3.8, 4) is 0 Å². The second-order valence-electron chi connectivity index (χ2n) is 7.17. The molecular weight excluding hydrogens is 258 g/mol. The molecule has 2 aliphatic carbocycles. The van der Waals surface area contributed by atoms with Crippen molar-refractivity contribution in [1.82, 2.24) is 15.1 Å². The Morgan fingerprint density at radius 2 is 2.10 bits per heavy atom. The van der Waals surface area contributed by atoms with Crippen molar-refractivity contribution >= 4 is 0 Å². The Morgan fingerprint density at radius 3 is 2.76 bits per heavy atom. The zero-order chi connectivity index (χ0) is 14.7. The van der Waals surface area contributed by atoms with Crippen LogP contribution in [0, 0.1) is 11.8 Å². The van der Waals surface area contributed by atoms with Gasteiger partial charge in [0.25, 0.3) is 0 Å². The first-order valence-corrected chi connectivity index (χ1v) is 9.01. The lowest BCUT2D eigenvalue weighted by molar-refractivity contribution is 0.357. The summed E-state index contributed by atoms with van der Waals surface area (Å²) < 4.78 is 2.23. The Hall–Kier alpha value is -0.830. The summed E-state index contributed by atoms with van der Waals surface area (Å²) in [4.78, 5) is 0. The summed E-state index contributed by atoms with van der Waals surface area (Å²) in [5.41, 5.74) is 1.28. The fourth-order valence-electron chi connectivity index (χ4n) is 4.44. The van der Waals surface area contributed by atoms with Crippen molar-refractivity contribution in [1.29, 1.82) is 0 Å². The molecular formula is C18H31N3. The SMILES string of the molecule is CCC1CCC(C(Cc2ccn(C3CCCC3)n2)NC)C1. The minimum Gasteiger partial charge on any atom is -0.316 e. The van der Waals surface area contributed by atoms with Gasteiger partial charge in [0.05, 0.1) is 11.7 Å². The average molecular weight is 289 g/mol. The maximum absolute atomic E-state index is 4.87. The van der Waals surface area contributed by atoms with Crippen LogP contribution in [0.2, 0.25) is 0 Å². The number of hydrogen-bond donors (Lipinski definition) is 1. The van der Waals surface area contributed by atoms with Gasteiger partial charge in [-0.25, -0.2) is 0 Å². The predicted octanol–water partition coefficient (Wildman–Crippen LogP) is 3.96. The van der Waals surface area contributed by atoms with E-state index in [1.165, 1.54) is 57.1 Å². The van der Waals surface area contributed by atoms with Crippen LogP contribution in [0.15, 0.2) is 12.3 Å². The summed E-state index contributed by atoms with van der Waals surface area (Å²) in [6.07, 6.45) is 14.3. The van der Waals surface area contributed by atoms with Gasteiger partial charge in [0, 0.05) is 18.7 Å². The molecule has 3 unspecified atom stereocenters. The van der Waals surface area contributed by atoms with Gasteiger partial charge in [0.1, 0.15) is 0 Å². The van der Waals surface area contributed by atoms with Crippen molar-refractivity contribution < 1.29 is 0 Å². The Bertz CT molecular complexity index is 433. The number of rotatable bonds is 6. The number of aromatic nitrogens is 2. The van der Waals surface area contributed by atoms with Crippen LogP contribution in [0.5, 0.6) is 0 Å². The van der Waals surface area contributed by atoms with E-state index in [9.17, 15) is 0 Å². The smallest absolute Gasteiger partial charge is 0.0640 e. The van der Waals surface area contributed by atoms with E-state index >= 15 is 0 Å². The molecule has 1 heterocycles. The highest BCUT2D eigenvalue weighted by Crippen LogP contribution is 2.35. The van der Waals surface area contributed by atoms with Crippen LogP contribution in [0.3, 0.4) is 0 Å². The summed E-state index contributed by atoms with van der Waals surface area (Å²) >= 11 is 0. The molecule has 0 aliphatic heterocycles. The Morgan fingerprint density at radius 1 is 1.29 bits per heavy atom. The van der Waals surface area contributed by atoms with E-state index in [4.69, 9.17) is 5.10 Å². The first kappa shape index (κ1) is 15.1. The topological polar surface area (TPSA) is 29.9 Å². The molecule has 2 saturated carbocycles. The minimum atomic E-state index is 0.605. The van der Waals surface area contributed by atoms with Crippen LogP contribution >= 0.6 is 0 Å². The third-order valence-corrected chi connectivity index (χ3v) is 5.89. The van der Waals surface area contributed by atoms with E-state index in [0.29, 0.717) is 12.1 Å². The highest BCUT2D eigenvalue weighted by atomic mass is 15.3. The van der Waals surface area contributed by atoms with E-state index in [1.54, 1.807) is 0 Å². The first-order valence-electron chi connectivity index (χ1n) is 9.01. The van der Waals surface area contributed by atoms with Gasteiger partial charge in [-0.15, -0.1) is 0 Å². The normalized spacial score (nSPS) is 28.3. The fraction of sp³-hybridized carbons (Fsp3) is 0.833. The lowest BCUT2D eigenvalue weighted by Gasteiger charge is -2.22. The van der Waals surface area contributed by atoms with Crippen LogP contribution in [-0.4, -0.2) is 22.9 Å². The Labute approximate surface area is 129 Å². The van der Waals surface area contributed by atoms with Crippen LogP contribution in [-0.2, 0) is 6.42 Å². The van der Waals surface area contributed by atoms with Gasteiger partial charge in [0.2, 0.25) is 0 Å². The van der Waals surface area contributed by atoms with E-state index in [2.05, 4.69) is 36.2 Å². The van der Waals surface area contributed by atoms with Crippen LogP contribution < -0.4 is 5.32 Å². The molecule has 2 aliphatic rings. The van der Waals surface area contributed by atoms with Crippen molar-refractivity contribution in [2.24, 2.45) is 11.8 Å². The number of likely N-dealkylation sites (N-methyl/N-ethyl adjacent to an activating group) is 1. The molecule has 21 heavy (non-hydrogen) atoms. The molecule has 3 atom stereocenters. The van der Waals surface area contributed by atoms with Gasteiger partial charge < -0.3 is 5.32 Å². The minimum absolute atomic E-state index is 0.605. The van der Waals surface area contributed by atoms with E-state index in [1.807, 2.05) is 0 Å². The van der Waals surface area contributed by atoms with Gasteiger partial charge in [-0.3, -0.25) is 4.68 Å². The second-order valence-corrected chi connectivity index (χ2v) is 7.17.